The Hall–Kier alpha value is -0.0800. The molecule has 0 aromatic rings. The monoisotopic (exact) mass is 173 g/mol. The molecule has 0 radical (unpaired) electrons. The number of ether oxygens (including phenoxy) is 1. The van der Waals surface area contributed by atoms with E-state index in [4.69, 9.17) is 10.5 Å². The minimum absolute atomic E-state index is 0.0674. The second-order valence-corrected chi connectivity index (χ2v) is 5.15. The summed E-state index contributed by atoms with van der Waals surface area (Å²) < 4.78 is 5.75. The molecule has 0 aliphatic carbocycles. The van der Waals surface area contributed by atoms with Crippen molar-refractivity contribution >= 4 is 0 Å². The molecule has 2 nitrogen and oxygen atoms in total. The van der Waals surface area contributed by atoms with Gasteiger partial charge in [0, 0.05) is 0 Å². The topological polar surface area (TPSA) is 35.2 Å². The molecule has 0 heterocycles. The molecule has 0 spiro atoms. The first-order valence-corrected chi connectivity index (χ1v) is 4.61. The predicted molar refractivity (Wildman–Crippen MR) is 53.2 cm³/mol. The van der Waals surface area contributed by atoms with Crippen LogP contribution in [-0.2, 0) is 4.74 Å². The molecule has 2 N–H and O–H groups in total. The van der Waals surface area contributed by atoms with Crippen LogP contribution in [0.5, 0.6) is 0 Å². The zero-order valence-electron chi connectivity index (χ0n) is 9.11. The molecule has 0 aromatic heterocycles. The van der Waals surface area contributed by atoms with E-state index in [0.29, 0.717) is 6.54 Å². The molecule has 0 aliphatic rings. The molecular formula is C10H23NO. The van der Waals surface area contributed by atoms with Gasteiger partial charge in [0.25, 0.3) is 0 Å². The van der Waals surface area contributed by atoms with Crippen LogP contribution in [0, 0.1) is 5.41 Å². The van der Waals surface area contributed by atoms with Crippen LogP contribution in [0.15, 0.2) is 0 Å². The number of rotatable bonds is 4. The quantitative estimate of drug-likeness (QED) is 0.707. The highest BCUT2D eigenvalue weighted by Crippen LogP contribution is 2.20. The van der Waals surface area contributed by atoms with Gasteiger partial charge in [-0.15, -0.1) is 0 Å². The van der Waals surface area contributed by atoms with E-state index < -0.39 is 0 Å². The normalized spacial score (nSPS) is 13.5. The Morgan fingerprint density at radius 1 is 1.08 bits per heavy atom. The third-order valence-corrected chi connectivity index (χ3v) is 1.64. The first-order valence-electron chi connectivity index (χ1n) is 4.61. The van der Waals surface area contributed by atoms with Gasteiger partial charge in [0.2, 0.25) is 0 Å². The Morgan fingerprint density at radius 2 is 1.58 bits per heavy atom. The van der Waals surface area contributed by atoms with Crippen molar-refractivity contribution in [1.29, 1.82) is 0 Å². The minimum Gasteiger partial charge on any atom is -0.375 e. The third-order valence-electron chi connectivity index (χ3n) is 1.64. The summed E-state index contributed by atoms with van der Waals surface area (Å²) in [4.78, 5) is 0. The van der Waals surface area contributed by atoms with Crippen molar-refractivity contribution in [3.05, 3.63) is 0 Å². The molecule has 0 amide bonds. The Labute approximate surface area is 76.5 Å². The van der Waals surface area contributed by atoms with Gasteiger partial charge >= 0.3 is 0 Å². The summed E-state index contributed by atoms with van der Waals surface area (Å²) in [7, 11) is 0. The molecule has 0 fully saturated rings. The van der Waals surface area contributed by atoms with E-state index in [1.54, 1.807) is 0 Å². The molecule has 0 aromatic carbocycles. The van der Waals surface area contributed by atoms with E-state index >= 15 is 0 Å². The standard InChI is InChI=1S/C10H23NO/c1-9(2,3)8-12-10(4,5)6-7-11/h6-8,11H2,1-5H3. The number of hydrogen-bond acceptors (Lipinski definition) is 2. The molecule has 0 rings (SSSR count). The zero-order valence-corrected chi connectivity index (χ0v) is 9.11. The van der Waals surface area contributed by atoms with Crippen molar-refractivity contribution in [2.24, 2.45) is 11.1 Å². The SMILES string of the molecule is CC(C)(C)COC(C)(C)CCN. The van der Waals surface area contributed by atoms with E-state index in [-0.39, 0.29) is 11.0 Å². The van der Waals surface area contributed by atoms with Crippen LogP contribution < -0.4 is 5.73 Å². The summed E-state index contributed by atoms with van der Waals surface area (Å²) in [6.07, 6.45) is 0.920. The van der Waals surface area contributed by atoms with E-state index in [9.17, 15) is 0 Å². The average Bonchev–Trinajstić information content (AvgIpc) is 1.83. The Morgan fingerprint density at radius 3 is 1.92 bits per heavy atom. The van der Waals surface area contributed by atoms with Gasteiger partial charge in [-0.25, -0.2) is 0 Å². The smallest absolute Gasteiger partial charge is 0.0638 e. The van der Waals surface area contributed by atoms with Crippen molar-refractivity contribution in [2.45, 2.75) is 46.6 Å². The highest BCUT2D eigenvalue weighted by molar-refractivity contribution is 4.71. The molecule has 2 heteroatoms. The Balaban J connectivity index is 3.75. The van der Waals surface area contributed by atoms with Gasteiger partial charge in [-0.05, 0) is 32.2 Å². The first-order chi connectivity index (χ1) is 5.27. The lowest BCUT2D eigenvalue weighted by Gasteiger charge is -2.29. The fraction of sp³-hybridized carbons (Fsp3) is 1.00. The van der Waals surface area contributed by atoms with Gasteiger partial charge in [-0.2, -0.15) is 0 Å². The Kier molecular flexibility index (Phi) is 4.21. The molecule has 0 unspecified atom stereocenters. The van der Waals surface area contributed by atoms with Crippen LogP contribution >= 0.6 is 0 Å². The van der Waals surface area contributed by atoms with E-state index in [1.807, 2.05) is 0 Å². The maximum atomic E-state index is 5.75. The predicted octanol–water partition coefficient (Wildman–Crippen LogP) is 2.18. The molecule has 74 valence electrons. The van der Waals surface area contributed by atoms with Gasteiger partial charge in [0.1, 0.15) is 0 Å². The van der Waals surface area contributed by atoms with Crippen LogP contribution in [-0.4, -0.2) is 18.8 Å². The van der Waals surface area contributed by atoms with Gasteiger partial charge in [0.05, 0.1) is 12.2 Å². The summed E-state index contributed by atoms with van der Waals surface area (Å²) in [6, 6.07) is 0. The van der Waals surface area contributed by atoms with Crippen molar-refractivity contribution < 1.29 is 4.74 Å². The second kappa shape index (κ2) is 4.24. The maximum absolute atomic E-state index is 5.75. The van der Waals surface area contributed by atoms with Crippen molar-refractivity contribution in [2.75, 3.05) is 13.2 Å². The van der Waals surface area contributed by atoms with Crippen LogP contribution in [0.3, 0.4) is 0 Å². The minimum atomic E-state index is -0.0674. The van der Waals surface area contributed by atoms with Gasteiger partial charge < -0.3 is 10.5 Å². The molecule has 0 atom stereocenters. The average molecular weight is 173 g/mol. The van der Waals surface area contributed by atoms with Crippen LogP contribution in [0.4, 0.5) is 0 Å². The van der Waals surface area contributed by atoms with Gasteiger partial charge in [-0.3, -0.25) is 0 Å². The third kappa shape index (κ3) is 6.62. The largest absolute Gasteiger partial charge is 0.375 e. The summed E-state index contributed by atoms with van der Waals surface area (Å²) in [5.74, 6) is 0. The van der Waals surface area contributed by atoms with Crippen molar-refractivity contribution in [3.63, 3.8) is 0 Å². The first kappa shape index (κ1) is 11.9. The highest BCUT2D eigenvalue weighted by atomic mass is 16.5. The highest BCUT2D eigenvalue weighted by Gasteiger charge is 2.20. The summed E-state index contributed by atoms with van der Waals surface area (Å²) >= 11 is 0. The fourth-order valence-corrected chi connectivity index (χ4v) is 0.832. The van der Waals surface area contributed by atoms with E-state index in [0.717, 1.165) is 13.0 Å². The van der Waals surface area contributed by atoms with Crippen LogP contribution in [0.1, 0.15) is 41.0 Å². The second-order valence-electron chi connectivity index (χ2n) is 5.15. The zero-order chi connectivity index (χ0) is 9.83. The molecule has 12 heavy (non-hydrogen) atoms. The Bertz CT molecular complexity index is 124. The summed E-state index contributed by atoms with van der Waals surface area (Å²) in [5, 5.41) is 0. The molecule has 0 saturated heterocycles. The number of hydrogen-bond donors (Lipinski definition) is 1. The molecule has 0 bridgehead atoms. The van der Waals surface area contributed by atoms with Crippen molar-refractivity contribution in [3.8, 4) is 0 Å². The fourth-order valence-electron chi connectivity index (χ4n) is 0.832. The summed E-state index contributed by atoms with van der Waals surface area (Å²) in [6.45, 7) is 12.2. The van der Waals surface area contributed by atoms with E-state index in [1.165, 1.54) is 0 Å². The molecule has 0 aliphatic heterocycles. The van der Waals surface area contributed by atoms with E-state index in [2.05, 4.69) is 34.6 Å². The lowest BCUT2D eigenvalue weighted by molar-refractivity contribution is -0.0536. The van der Waals surface area contributed by atoms with Crippen LogP contribution in [0.2, 0.25) is 0 Å². The maximum Gasteiger partial charge on any atom is 0.0638 e. The molecular weight excluding hydrogens is 150 g/mol. The number of nitrogens with two attached hydrogens (primary N) is 1. The molecule has 0 saturated carbocycles. The van der Waals surface area contributed by atoms with Gasteiger partial charge in [0.15, 0.2) is 0 Å². The summed E-state index contributed by atoms with van der Waals surface area (Å²) in [5.41, 5.74) is 5.65. The van der Waals surface area contributed by atoms with Crippen LogP contribution in [0.25, 0.3) is 0 Å². The lowest BCUT2D eigenvalue weighted by atomic mass is 9.97. The van der Waals surface area contributed by atoms with Gasteiger partial charge in [-0.1, -0.05) is 20.8 Å². The lowest BCUT2D eigenvalue weighted by Crippen LogP contribution is -2.31. The van der Waals surface area contributed by atoms with Crippen molar-refractivity contribution in [1.82, 2.24) is 0 Å².